The Morgan fingerprint density at radius 1 is 1.00 bits per heavy atom. The minimum Gasteiger partial charge on any atom is -0.459 e. The number of carbonyl (C=O) groups is 2. The third-order valence-electron chi connectivity index (χ3n) is 4.86. The van der Waals surface area contributed by atoms with Gasteiger partial charge in [0.2, 0.25) is 5.91 Å². The molecule has 0 heterocycles. The van der Waals surface area contributed by atoms with E-state index in [4.69, 9.17) is 4.74 Å². The zero-order valence-corrected chi connectivity index (χ0v) is 17.3. The second-order valence-corrected chi connectivity index (χ2v) is 7.84. The maximum atomic E-state index is 12.9. The molecular formula is C22H25BrN2O3. The number of esters is 1. The van der Waals surface area contributed by atoms with E-state index in [2.05, 4.69) is 26.6 Å². The molecule has 0 radical (unpaired) electrons. The molecule has 0 saturated heterocycles. The molecule has 5 nitrogen and oxygen atoms in total. The molecular weight excluding hydrogens is 420 g/mol. The summed E-state index contributed by atoms with van der Waals surface area (Å²) in [6.45, 7) is -0.0480. The molecule has 1 atom stereocenters. The number of rotatable bonds is 7. The second-order valence-electron chi connectivity index (χ2n) is 6.98. The SMILES string of the molecule is O=C(OCC(Nc1ccccc1)C(=O)NC1CCCCC1)c1ccccc1Br. The van der Waals surface area contributed by atoms with Gasteiger partial charge in [-0.05, 0) is 53.0 Å². The average molecular weight is 445 g/mol. The number of hydrogen-bond acceptors (Lipinski definition) is 4. The fraction of sp³-hybridized carbons (Fsp3) is 0.364. The van der Waals surface area contributed by atoms with Gasteiger partial charge in [-0.2, -0.15) is 0 Å². The molecule has 3 rings (SSSR count). The molecule has 28 heavy (non-hydrogen) atoms. The molecule has 0 aliphatic heterocycles. The molecule has 2 N–H and O–H groups in total. The van der Waals surface area contributed by atoms with Crippen LogP contribution in [0.25, 0.3) is 0 Å². The van der Waals surface area contributed by atoms with Crippen LogP contribution in [0.4, 0.5) is 5.69 Å². The maximum absolute atomic E-state index is 12.9. The third kappa shape index (κ3) is 5.83. The van der Waals surface area contributed by atoms with E-state index in [1.165, 1.54) is 6.42 Å². The van der Waals surface area contributed by atoms with E-state index in [1.54, 1.807) is 18.2 Å². The Kier molecular flexibility index (Phi) is 7.48. The molecule has 0 spiro atoms. The fourth-order valence-electron chi connectivity index (χ4n) is 3.33. The number of anilines is 1. The molecule has 2 aromatic carbocycles. The highest BCUT2D eigenvalue weighted by Gasteiger charge is 2.24. The van der Waals surface area contributed by atoms with E-state index >= 15 is 0 Å². The van der Waals surface area contributed by atoms with Crippen LogP contribution < -0.4 is 10.6 Å². The first-order chi connectivity index (χ1) is 13.6. The van der Waals surface area contributed by atoms with Crippen molar-refractivity contribution in [1.82, 2.24) is 5.32 Å². The molecule has 1 saturated carbocycles. The Morgan fingerprint density at radius 3 is 2.39 bits per heavy atom. The summed E-state index contributed by atoms with van der Waals surface area (Å²) in [6.07, 6.45) is 5.50. The average Bonchev–Trinajstić information content (AvgIpc) is 2.72. The van der Waals surface area contributed by atoms with Crippen molar-refractivity contribution >= 4 is 33.5 Å². The zero-order chi connectivity index (χ0) is 19.8. The quantitative estimate of drug-likeness (QED) is 0.615. The van der Waals surface area contributed by atoms with Gasteiger partial charge in [-0.25, -0.2) is 4.79 Å². The summed E-state index contributed by atoms with van der Waals surface area (Å²) in [5, 5.41) is 6.30. The third-order valence-corrected chi connectivity index (χ3v) is 5.55. The van der Waals surface area contributed by atoms with Crippen LogP contribution in [0.5, 0.6) is 0 Å². The molecule has 2 aromatic rings. The summed E-state index contributed by atoms with van der Waals surface area (Å²) < 4.78 is 6.13. The van der Waals surface area contributed by atoms with Crippen LogP contribution in [0.15, 0.2) is 59.1 Å². The number of para-hydroxylation sites is 1. The van der Waals surface area contributed by atoms with E-state index in [0.29, 0.717) is 10.0 Å². The highest BCUT2D eigenvalue weighted by molar-refractivity contribution is 9.10. The van der Waals surface area contributed by atoms with Crippen LogP contribution >= 0.6 is 15.9 Å². The number of carbonyl (C=O) groups excluding carboxylic acids is 2. The number of benzene rings is 2. The van der Waals surface area contributed by atoms with Crippen LogP contribution in [0.2, 0.25) is 0 Å². The maximum Gasteiger partial charge on any atom is 0.339 e. The van der Waals surface area contributed by atoms with Gasteiger partial charge in [-0.1, -0.05) is 49.6 Å². The predicted molar refractivity (Wildman–Crippen MR) is 113 cm³/mol. The van der Waals surface area contributed by atoms with Gasteiger partial charge in [-0.15, -0.1) is 0 Å². The van der Waals surface area contributed by atoms with Crippen LogP contribution in [-0.4, -0.2) is 30.6 Å². The van der Waals surface area contributed by atoms with Crippen molar-refractivity contribution in [3.8, 4) is 0 Å². The number of ether oxygens (including phenoxy) is 1. The number of hydrogen-bond donors (Lipinski definition) is 2. The Hall–Kier alpha value is -2.34. The number of nitrogens with one attached hydrogen (secondary N) is 2. The summed E-state index contributed by atoms with van der Waals surface area (Å²) in [5.41, 5.74) is 1.25. The highest BCUT2D eigenvalue weighted by atomic mass is 79.9. The van der Waals surface area contributed by atoms with Crippen LogP contribution in [0.3, 0.4) is 0 Å². The van der Waals surface area contributed by atoms with Crippen molar-refractivity contribution in [3.63, 3.8) is 0 Å². The minimum atomic E-state index is -0.657. The second kappa shape index (κ2) is 10.3. The molecule has 0 bridgehead atoms. The molecule has 0 aromatic heterocycles. The summed E-state index contributed by atoms with van der Waals surface area (Å²) in [4.78, 5) is 25.3. The summed E-state index contributed by atoms with van der Waals surface area (Å²) in [6, 6.07) is 16.1. The lowest BCUT2D eigenvalue weighted by atomic mass is 9.95. The molecule has 6 heteroatoms. The Balaban J connectivity index is 1.65. The van der Waals surface area contributed by atoms with Gasteiger partial charge in [0.25, 0.3) is 0 Å². The molecule has 1 fully saturated rings. The predicted octanol–water partition coefficient (Wildman–Crippen LogP) is 4.54. The van der Waals surface area contributed by atoms with Crippen LogP contribution in [0.1, 0.15) is 42.5 Å². The Bertz CT molecular complexity index is 791. The topological polar surface area (TPSA) is 67.4 Å². The standard InChI is InChI=1S/C22H25BrN2O3/c23-19-14-8-7-13-18(19)22(27)28-15-20(24-16-9-3-1-4-10-16)21(26)25-17-11-5-2-6-12-17/h1,3-4,7-10,13-14,17,20,24H,2,5-6,11-12,15H2,(H,25,26). The van der Waals surface area contributed by atoms with Crippen LogP contribution in [0, 0.1) is 0 Å². The van der Waals surface area contributed by atoms with E-state index in [9.17, 15) is 9.59 Å². The summed E-state index contributed by atoms with van der Waals surface area (Å²) in [7, 11) is 0. The lowest BCUT2D eigenvalue weighted by Crippen LogP contribution is -2.47. The number of halogens is 1. The summed E-state index contributed by atoms with van der Waals surface area (Å²) in [5.74, 6) is -0.603. The van der Waals surface area contributed by atoms with Gasteiger partial charge in [0, 0.05) is 16.2 Å². The van der Waals surface area contributed by atoms with Crippen molar-refractivity contribution in [2.75, 3.05) is 11.9 Å². The molecule has 1 aliphatic carbocycles. The van der Waals surface area contributed by atoms with Crippen molar-refractivity contribution in [3.05, 3.63) is 64.6 Å². The smallest absolute Gasteiger partial charge is 0.339 e. The van der Waals surface area contributed by atoms with Gasteiger partial charge in [0.15, 0.2) is 0 Å². The van der Waals surface area contributed by atoms with Gasteiger partial charge in [0.1, 0.15) is 12.6 Å². The van der Waals surface area contributed by atoms with E-state index in [-0.39, 0.29) is 18.6 Å². The molecule has 1 aliphatic rings. The lowest BCUT2D eigenvalue weighted by molar-refractivity contribution is -0.123. The minimum absolute atomic E-state index is 0.0480. The van der Waals surface area contributed by atoms with E-state index in [1.807, 2.05) is 36.4 Å². The molecule has 1 unspecified atom stereocenters. The summed E-state index contributed by atoms with van der Waals surface area (Å²) >= 11 is 3.36. The Labute approximate surface area is 174 Å². The van der Waals surface area contributed by atoms with E-state index in [0.717, 1.165) is 31.4 Å². The largest absolute Gasteiger partial charge is 0.459 e. The first kappa shape index (κ1) is 20.4. The highest BCUT2D eigenvalue weighted by Crippen LogP contribution is 2.19. The van der Waals surface area contributed by atoms with Gasteiger partial charge < -0.3 is 15.4 Å². The first-order valence-corrected chi connectivity index (χ1v) is 10.5. The van der Waals surface area contributed by atoms with Crippen molar-refractivity contribution in [2.24, 2.45) is 0 Å². The van der Waals surface area contributed by atoms with Gasteiger partial charge >= 0.3 is 5.97 Å². The fourth-order valence-corrected chi connectivity index (χ4v) is 3.78. The molecule has 148 valence electrons. The van der Waals surface area contributed by atoms with Crippen molar-refractivity contribution in [1.29, 1.82) is 0 Å². The molecule has 1 amide bonds. The van der Waals surface area contributed by atoms with Crippen molar-refractivity contribution < 1.29 is 14.3 Å². The van der Waals surface area contributed by atoms with Gasteiger partial charge in [-0.3, -0.25) is 4.79 Å². The lowest BCUT2D eigenvalue weighted by Gasteiger charge is -2.26. The first-order valence-electron chi connectivity index (χ1n) is 9.67. The van der Waals surface area contributed by atoms with Crippen LogP contribution in [-0.2, 0) is 9.53 Å². The normalized spacial score (nSPS) is 15.5. The zero-order valence-electron chi connectivity index (χ0n) is 15.7. The van der Waals surface area contributed by atoms with Crippen molar-refractivity contribution in [2.45, 2.75) is 44.2 Å². The monoisotopic (exact) mass is 444 g/mol. The number of amides is 1. The Morgan fingerprint density at radius 2 is 1.68 bits per heavy atom. The van der Waals surface area contributed by atoms with Gasteiger partial charge in [0.05, 0.1) is 5.56 Å². The van der Waals surface area contributed by atoms with E-state index < -0.39 is 12.0 Å².